The summed E-state index contributed by atoms with van der Waals surface area (Å²) in [7, 11) is 1.24. The zero-order valence-corrected chi connectivity index (χ0v) is 30.3. The molecule has 0 radical (unpaired) electrons. The van der Waals surface area contributed by atoms with Crippen molar-refractivity contribution in [3.63, 3.8) is 0 Å². The summed E-state index contributed by atoms with van der Waals surface area (Å²) in [6.45, 7) is 15.5. The van der Waals surface area contributed by atoms with Crippen LogP contribution in [0.25, 0.3) is 0 Å². The molecule has 0 fully saturated rings. The molecule has 15 heteroatoms. The second-order valence-electron chi connectivity index (χ2n) is 11.4. The van der Waals surface area contributed by atoms with Crippen molar-refractivity contribution < 1.29 is 71.5 Å². The SMILES string of the molecule is C=C(C)C(Cc1c(OC(C)=O)c(Cc2c(OC)c(C)c(OC(C)=O)c(C(C)=O)c2OC(C)=O)c(OC(C)=O)c(C(C)=O)c1OC(C)=O)OC(C)=O. The molecule has 0 bridgehead atoms. The van der Waals surface area contributed by atoms with Crippen LogP contribution in [-0.4, -0.2) is 60.6 Å². The smallest absolute Gasteiger partial charge is 0.308 e. The van der Waals surface area contributed by atoms with E-state index in [2.05, 4.69) is 6.58 Å². The first-order valence-corrected chi connectivity index (χ1v) is 15.3. The minimum absolute atomic E-state index is 0.0785. The standard InChI is InChI=1S/C36H40O15/c1-15(2)28(46-19(6)39)14-27-33(48-21(8)41)26(35(50-23(10)43)30(18(5)38)36(27)51-24(11)44)13-25-31(45-12)16(3)32(47-20(7)40)29(17(4)37)34(25)49-22(9)42/h28H,1,13-14H2,2-12H3. The van der Waals surface area contributed by atoms with Gasteiger partial charge in [0.1, 0.15) is 28.7 Å². The highest BCUT2D eigenvalue weighted by atomic mass is 16.6. The Labute approximate surface area is 294 Å². The largest absolute Gasteiger partial charge is 0.496 e. The van der Waals surface area contributed by atoms with Gasteiger partial charge < -0.3 is 33.2 Å². The first-order chi connectivity index (χ1) is 23.6. The second-order valence-corrected chi connectivity index (χ2v) is 11.4. The van der Waals surface area contributed by atoms with Crippen molar-refractivity contribution >= 4 is 47.4 Å². The van der Waals surface area contributed by atoms with Gasteiger partial charge in [-0.3, -0.25) is 38.4 Å². The van der Waals surface area contributed by atoms with Crippen LogP contribution in [0, 0.1) is 6.92 Å². The van der Waals surface area contributed by atoms with E-state index in [-0.39, 0.29) is 45.7 Å². The zero-order chi connectivity index (χ0) is 39.1. The Balaban J connectivity index is 3.45. The van der Waals surface area contributed by atoms with Crippen LogP contribution in [0.15, 0.2) is 12.2 Å². The van der Waals surface area contributed by atoms with Crippen LogP contribution >= 0.6 is 0 Å². The van der Waals surface area contributed by atoms with Crippen LogP contribution in [0.2, 0.25) is 0 Å². The molecule has 274 valence electrons. The molecule has 0 aromatic heterocycles. The minimum Gasteiger partial charge on any atom is -0.496 e. The van der Waals surface area contributed by atoms with Crippen LogP contribution in [0.4, 0.5) is 0 Å². The van der Waals surface area contributed by atoms with Crippen molar-refractivity contribution in [1.82, 2.24) is 0 Å². The highest BCUT2D eigenvalue weighted by Gasteiger charge is 2.36. The summed E-state index contributed by atoms with van der Waals surface area (Å²) >= 11 is 0. The molecule has 2 aromatic rings. The topological polar surface area (TPSA) is 201 Å². The van der Waals surface area contributed by atoms with E-state index in [1.165, 1.54) is 21.0 Å². The summed E-state index contributed by atoms with van der Waals surface area (Å²) in [5, 5.41) is 0. The van der Waals surface area contributed by atoms with Crippen molar-refractivity contribution in [2.75, 3.05) is 7.11 Å². The van der Waals surface area contributed by atoms with Gasteiger partial charge in [-0.2, -0.15) is 0 Å². The molecule has 0 heterocycles. The number of methoxy groups -OCH3 is 1. The fourth-order valence-corrected chi connectivity index (χ4v) is 5.28. The number of carbonyl (C=O) groups excluding carboxylic acids is 8. The molecular formula is C36H40O15. The Bertz CT molecular complexity index is 1850. The third-order valence-corrected chi connectivity index (χ3v) is 6.97. The maximum atomic E-state index is 13.4. The Hall–Kier alpha value is -5.86. The molecule has 15 nitrogen and oxygen atoms in total. The summed E-state index contributed by atoms with van der Waals surface area (Å²) in [6, 6.07) is 0. The van der Waals surface area contributed by atoms with Crippen molar-refractivity contribution in [3.8, 4) is 34.5 Å². The van der Waals surface area contributed by atoms with Gasteiger partial charge in [0.15, 0.2) is 34.6 Å². The van der Waals surface area contributed by atoms with Crippen molar-refractivity contribution in [3.05, 3.63) is 45.5 Å². The maximum absolute atomic E-state index is 13.4. The Morgan fingerprint density at radius 3 is 1.22 bits per heavy atom. The molecular weight excluding hydrogens is 672 g/mol. The van der Waals surface area contributed by atoms with E-state index in [0.717, 1.165) is 55.4 Å². The number of hydrogen-bond donors (Lipinski definition) is 0. The van der Waals surface area contributed by atoms with Gasteiger partial charge in [-0.1, -0.05) is 6.58 Å². The molecule has 0 N–H and O–H groups in total. The van der Waals surface area contributed by atoms with E-state index in [1.807, 2.05) is 0 Å². The van der Waals surface area contributed by atoms with Crippen LogP contribution in [-0.2, 0) is 46.3 Å². The second kappa shape index (κ2) is 17.2. The number of Topliss-reactive ketones (excluding diaryl/α,β-unsaturated/α-hetero) is 2. The van der Waals surface area contributed by atoms with Gasteiger partial charge in [0.2, 0.25) is 0 Å². The lowest BCUT2D eigenvalue weighted by Gasteiger charge is -2.27. The van der Waals surface area contributed by atoms with E-state index < -0.39 is 88.5 Å². The van der Waals surface area contributed by atoms with E-state index in [4.69, 9.17) is 33.2 Å². The minimum atomic E-state index is -1.13. The van der Waals surface area contributed by atoms with Crippen molar-refractivity contribution in [2.24, 2.45) is 0 Å². The molecule has 0 aliphatic heterocycles. The summed E-state index contributed by atoms with van der Waals surface area (Å²) < 4.78 is 38.8. The lowest BCUT2D eigenvalue weighted by molar-refractivity contribution is -0.145. The summed E-state index contributed by atoms with van der Waals surface area (Å²) in [6.07, 6.45) is -2.08. The lowest BCUT2D eigenvalue weighted by Crippen LogP contribution is -2.24. The summed E-state index contributed by atoms with van der Waals surface area (Å²) in [4.78, 5) is 101. The van der Waals surface area contributed by atoms with E-state index in [1.54, 1.807) is 0 Å². The number of hydrogen-bond acceptors (Lipinski definition) is 15. The molecule has 51 heavy (non-hydrogen) atoms. The summed E-state index contributed by atoms with van der Waals surface area (Å²) in [5.41, 5.74) is -0.822. The number of benzene rings is 2. The van der Waals surface area contributed by atoms with Crippen molar-refractivity contribution in [1.29, 1.82) is 0 Å². The van der Waals surface area contributed by atoms with Gasteiger partial charge in [-0.05, 0) is 33.3 Å². The molecule has 1 atom stereocenters. The lowest BCUT2D eigenvalue weighted by atomic mass is 9.88. The number of ether oxygens (including phenoxy) is 7. The number of esters is 6. The molecule has 0 amide bonds. The number of ketones is 2. The van der Waals surface area contributed by atoms with Gasteiger partial charge in [0, 0.05) is 76.6 Å². The third kappa shape index (κ3) is 10.1. The molecule has 0 spiro atoms. The molecule has 1 unspecified atom stereocenters. The first-order valence-electron chi connectivity index (χ1n) is 15.3. The Morgan fingerprint density at radius 2 is 0.863 bits per heavy atom. The van der Waals surface area contributed by atoms with Crippen LogP contribution in [0.3, 0.4) is 0 Å². The highest BCUT2D eigenvalue weighted by molar-refractivity contribution is 6.04. The molecule has 0 saturated carbocycles. The number of rotatable bonds is 14. The normalized spacial score (nSPS) is 11.0. The zero-order valence-electron chi connectivity index (χ0n) is 30.3. The van der Waals surface area contributed by atoms with Crippen LogP contribution in [0.5, 0.6) is 34.5 Å². The highest BCUT2D eigenvalue weighted by Crippen LogP contribution is 2.50. The fraction of sp³-hybridized carbons (Fsp3) is 0.389. The third-order valence-electron chi connectivity index (χ3n) is 6.97. The predicted octanol–water partition coefficient (Wildman–Crippen LogP) is 4.68. The van der Waals surface area contributed by atoms with E-state index in [9.17, 15) is 38.4 Å². The van der Waals surface area contributed by atoms with Gasteiger partial charge in [0.05, 0.1) is 7.11 Å². The van der Waals surface area contributed by atoms with Gasteiger partial charge in [-0.15, -0.1) is 0 Å². The number of carbonyl (C=O) groups is 8. The van der Waals surface area contributed by atoms with E-state index in [0.29, 0.717) is 5.57 Å². The van der Waals surface area contributed by atoms with Gasteiger partial charge in [0.25, 0.3) is 0 Å². The molecule has 0 saturated heterocycles. The van der Waals surface area contributed by atoms with Gasteiger partial charge in [-0.25, -0.2) is 0 Å². The molecule has 2 aromatic carbocycles. The van der Waals surface area contributed by atoms with E-state index >= 15 is 0 Å². The van der Waals surface area contributed by atoms with Crippen LogP contribution in [0.1, 0.15) is 105 Å². The monoisotopic (exact) mass is 712 g/mol. The molecule has 0 aliphatic carbocycles. The summed E-state index contributed by atoms with van der Waals surface area (Å²) in [5.74, 6) is -8.87. The van der Waals surface area contributed by atoms with Gasteiger partial charge >= 0.3 is 35.8 Å². The predicted molar refractivity (Wildman–Crippen MR) is 178 cm³/mol. The average Bonchev–Trinajstić information content (AvgIpc) is 2.96. The average molecular weight is 713 g/mol. The molecule has 0 aliphatic rings. The maximum Gasteiger partial charge on any atom is 0.308 e. The Morgan fingerprint density at radius 1 is 0.510 bits per heavy atom. The first kappa shape index (κ1) is 41.3. The quantitative estimate of drug-likeness (QED) is 0.113. The fourth-order valence-electron chi connectivity index (χ4n) is 5.28. The Kier molecular flexibility index (Phi) is 13.9. The van der Waals surface area contributed by atoms with Crippen LogP contribution < -0.4 is 28.4 Å². The molecule has 2 rings (SSSR count). The van der Waals surface area contributed by atoms with Crippen molar-refractivity contribution in [2.45, 2.75) is 88.2 Å².